The highest BCUT2D eigenvalue weighted by molar-refractivity contribution is 5.22. The summed E-state index contributed by atoms with van der Waals surface area (Å²) in [6.07, 6.45) is 4.96. The van der Waals surface area contributed by atoms with Gasteiger partial charge in [0.2, 0.25) is 0 Å². The fourth-order valence-corrected chi connectivity index (χ4v) is 1.87. The first kappa shape index (κ1) is 8.44. The van der Waals surface area contributed by atoms with Gasteiger partial charge in [-0.2, -0.15) is 0 Å². The molecule has 1 aliphatic carbocycles. The third kappa shape index (κ3) is 1.49. The van der Waals surface area contributed by atoms with Crippen LogP contribution in [0.5, 0.6) is 0 Å². The molecule has 0 amide bonds. The summed E-state index contributed by atoms with van der Waals surface area (Å²) in [5.41, 5.74) is 1.94. The molecule has 1 aromatic rings. The van der Waals surface area contributed by atoms with E-state index in [1.807, 2.05) is 7.05 Å². The van der Waals surface area contributed by atoms with Crippen LogP contribution in [0.2, 0.25) is 0 Å². The van der Waals surface area contributed by atoms with Crippen molar-refractivity contribution in [1.29, 1.82) is 0 Å². The fraction of sp³-hybridized carbons (Fsp3) is 0.556. The molecule has 0 radical (unpaired) electrons. The number of aromatic amines is 1. The Morgan fingerprint density at radius 3 is 3.31 bits per heavy atom. The molecule has 0 saturated carbocycles. The predicted molar refractivity (Wildman–Crippen MR) is 49.6 cm³/mol. The lowest BCUT2D eigenvalue weighted by atomic mass is 9.93. The van der Waals surface area contributed by atoms with E-state index in [0.717, 1.165) is 25.0 Å². The molecule has 0 aromatic carbocycles. The molecule has 0 saturated heterocycles. The molecule has 2 N–H and O–H groups in total. The van der Waals surface area contributed by atoms with Gasteiger partial charge in [0, 0.05) is 17.9 Å². The number of hydrogen-bond donors (Lipinski definition) is 2. The summed E-state index contributed by atoms with van der Waals surface area (Å²) in [6, 6.07) is 0.291. The fourth-order valence-electron chi connectivity index (χ4n) is 1.87. The quantitative estimate of drug-likeness (QED) is 0.654. The second-order valence-corrected chi connectivity index (χ2v) is 3.36. The molecule has 1 heterocycles. The van der Waals surface area contributed by atoms with E-state index in [1.54, 1.807) is 6.20 Å². The van der Waals surface area contributed by atoms with Gasteiger partial charge in [-0.15, -0.1) is 0 Å². The van der Waals surface area contributed by atoms with Gasteiger partial charge in [0.1, 0.15) is 0 Å². The highest BCUT2D eigenvalue weighted by atomic mass is 16.1. The molecule has 4 heteroatoms. The molecule has 2 rings (SSSR count). The Balaban J connectivity index is 2.47. The number of nitrogens with zero attached hydrogens (tertiary/aromatic N) is 1. The molecule has 0 spiro atoms. The van der Waals surface area contributed by atoms with Crippen LogP contribution in [-0.4, -0.2) is 17.0 Å². The minimum Gasteiger partial charge on any atom is -0.312 e. The van der Waals surface area contributed by atoms with Crippen molar-refractivity contribution in [3.8, 4) is 0 Å². The molecule has 0 fully saturated rings. The molecular weight excluding hydrogens is 166 g/mol. The van der Waals surface area contributed by atoms with Crippen molar-refractivity contribution in [2.75, 3.05) is 7.05 Å². The molecule has 1 aromatic heterocycles. The molecule has 0 bridgehead atoms. The van der Waals surface area contributed by atoms with Crippen molar-refractivity contribution in [2.24, 2.45) is 0 Å². The number of rotatable bonds is 1. The van der Waals surface area contributed by atoms with Gasteiger partial charge < -0.3 is 10.3 Å². The Bertz CT molecular complexity index is 358. The molecular formula is C9H13N3O. The maximum Gasteiger partial charge on any atom is 0.345 e. The first-order chi connectivity index (χ1) is 6.31. The molecule has 1 unspecified atom stereocenters. The maximum absolute atomic E-state index is 11.0. The third-order valence-electron chi connectivity index (χ3n) is 2.56. The van der Waals surface area contributed by atoms with E-state index < -0.39 is 0 Å². The summed E-state index contributed by atoms with van der Waals surface area (Å²) < 4.78 is 0. The first-order valence-electron chi connectivity index (χ1n) is 4.56. The zero-order valence-electron chi connectivity index (χ0n) is 7.63. The molecule has 4 nitrogen and oxygen atoms in total. The van der Waals surface area contributed by atoms with Crippen LogP contribution in [-0.2, 0) is 6.42 Å². The Morgan fingerprint density at radius 2 is 2.54 bits per heavy atom. The lowest BCUT2D eigenvalue weighted by molar-refractivity contribution is 0.479. The minimum atomic E-state index is -0.249. The lowest BCUT2D eigenvalue weighted by Gasteiger charge is -2.23. The van der Waals surface area contributed by atoms with Gasteiger partial charge in [-0.1, -0.05) is 0 Å². The molecule has 0 aliphatic heterocycles. The summed E-state index contributed by atoms with van der Waals surface area (Å²) in [5.74, 6) is 0. The van der Waals surface area contributed by atoms with E-state index in [-0.39, 0.29) is 5.69 Å². The van der Waals surface area contributed by atoms with Crippen molar-refractivity contribution in [3.05, 3.63) is 27.9 Å². The second kappa shape index (κ2) is 3.30. The number of nitrogens with one attached hydrogen (secondary N) is 2. The van der Waals surface area contributed by atoms with Crippen LogP contribution in [0.15, 0.2) is 11.0 Å². The Labute approximate surface area is 76.4 Å². The normalized spacial score (nSPS) is 21.2. The van der Waals surface area contributed by atoms with Gasteiger partial charge >= 0.3 is 5.69 Å². The minimum absolute atomic E-state index is 0.249. The van der Waals surface area contributed by atoms with Crippen LogP contribution < -0.4 is 11.0 Å². The van der Waals surface area contributed by atoms with E-state index in [0.29, 0.717) is 6.04 Å². The first-order valence-corrected chi connectivity index (χ1v) is 4.56. The van der Waals surface area contributed by atoms with Gasteiger partial charge in [-0.3, -0.25) is 0 Å². The summed E-state index contributed by atoms with van der Waals surface area (Å²) in [6.45, 7) is 0. The average molecular weight is 179 g/mol. The number of fused-ring (bicyclic) bond motifs is 1. The number of H-pyrrole nitrogens is 1. The van der Waals surface area contributed by atoms with Gasteiger partial charge in [0.05, 0.1) is 0 Å². The third-order valence-corrected chi connectivity index (χ3v) is 2.56. The molecule has 1 aliphatic rings. The summed E-state index contributed by atoms with van der Waals surface area (Å²) >= 11 is 0. The smallest absolute Gasteiger partial charge is 0.312 e. The summed E-state index contributed by atoms with van der Waals surface area (Å²) in [5, 5.41) is 3.19. The summed E-state index contributed by atoms with van der Waals surface area (Å²) in [4.78, 5) is 17.5. The van der Waals surface area contributed by atoms with Crippen molar-refractivity contribution in [1.82, 2.24) is 15.3 Å². The largest absolute Gasteiger partial charge is 0.345 e. The van der Waals surface area contributed by atoms with Crippen molar-refractivity contribution in [3.63, 3.8) is 0 Å². The monoisotopic (exact) mass is 179 g/mol. The lowest BCUT2D eigenvalue weighted by Crippen LogP contribution is -2.27. The highest BCUT2D eigenvalue weighted by Gasteiger charge is 2.19. The van der Waals surface area contributed by atoms with E-state index in [2.05, 4.69) is 15.3 Å². The van der Waals surface area contributed by atoms with Crippen molar-refractivity contribution < 1.29 is 0 Å². The molecule has 1 atom stereocenters. The average Bonchev–Trinajstić information content (AvgIpc) is 2.17. The zero-order valence-corrected chi connectivity index (χ0v) is 7.63. The van der Waals surface area contributed by atoms with Crippen molar-refractivity contribution >= 4 is 0 Å². The van der Waals surface area contributed by atoms with Crippen LogP contribution >= 0.6 is 0 Å². The van der Waals surface area contributed by atoms with E-state index >= 15 is 0 Å². The summed E-state index contributed by atoms with van der Waals surface area (Å²) in [7, 11) is 1.92. The van der Waals surface area contributed by atoms with Crippen molar-refractivity contribution in [2.45, 2.75) is 25.3 Å². The van der Waals surface area contributed by atoms with Gasteiger partial charge in [-0.25, -0.2) is 9.78 Å². The van der Waals surface area contributed by atoms with Gasteiger partial charge in [0.15, 0.2) is 0 Å². The van der Waals surface area contributed by atoms with Gasteiger partial charge in [0.25, 0.3) is 0 Å². The Morgan fingerprint density at radius 1 is 1.69 bits per heavy atom. The van der Waals surface area contributed by atoms with E-state index in [1.165, 1.54) is 5.56 Å². The van der Waals surface area contributed by atoms with E-state index in [4.69, 9.17) is 0 Å². The maximum atomic E-state index is 11.0. The Kier molecular flexibility index (Phi) is 2.14. The molecule has 70 valence electrons. The zero-order chi connectivity index (χ0) is 9.26. The SMILES string of the molecule is CNC1CCCc2cnc(=O)[nH]c21. The number of hydrogen-bond acceptors (Lipinski definition) is 3. The number of aromatic nitrogens is 2. The van der Waals surface area contributed by atoms with Crippen LogP contribution in [0.3, 0.4) is 0 Å². The standard InChI is InChI=1S/C9H13N3O/c1-10-7-4-2-3-6-5-11-9(13)12-8(6)7/h5,7,10H,2-4H2,1H3,(H,11,12,13). The second-order valence-electron chi connectivity index (χ2n) is 3.36. The Hall–Kier alpha value is -1.16. The predicted octanol–water partition coefficient (Wildman–Crippen LogP) is 0.367. The van der Waals surface area contributed by atoms with Crippen LogP contribution in [0, 0.1) is 0 Å². The van der Waals surface area contributed by atoms with Gasteiger partial charge in [-0.05, 0) is 31.9 Å². The van der Waals surface area contributed by atoms with Crippen LogP contribution in [0.1, 0.15) is 30.1 Å². The van der Waals surface area contributed by atoms with Crippen LogP contribution in [0.4, 0.5) is 0 Å². The van der Waals surface area contributed by atoms with Crippen LogP contribution in [0.25, 0.3) is 0 Å². The topological polar surface area (TPSA) is 57.8 Å². The number of aryl methyl sites for hydroxylation is 1. The highest BCUT2D eigenvalue weighted by Crippen LogP contribution is 2.25. The molecule has 13 heavy (non-hydrogen) atoms. The van der Waals surface area contributed by atoms with E-state index in [9.17, 15) is 4.79 Å².